The Hall–Kier alpha value is 1.18. The summed E-state index contributed by atoms with van der Waals surface area (Å²) in [4.78, 5) is 16.4. The lowest BCUT2D eigenvalue weighted by molar-refractivity contribution is 0.492. The molecule has 0 aliphatic rings. The predicted molar refractivity (Wildman–Crippen MR) is 36.9 cm³/mol. The molecule has 0 heterocycles. The maximum Gasteiger partial charge on any atom is 0.179 e. The molecule has 2 unspecified atom stereocenters. The molecule has 0 radical (unpaired) electrons. The number of rotatable bonds is 2. The van der Waals surface area contributed by atoms with E-state index in [0.717, 1.165) is 0 Å². The SMILES string of the molecule is O[PH](=S)O[PH](O)=S. The zero-order valence-corrected chi connectivity index (χ0v) is 6.75. The first-order valence-electron chi connectivity index (χ1n) is 1.26. The molecule has 7 heteroatoms. The van der Waals surface area contributed by atoms with Gasteiger partial charge in [0.1, 0.15) is 0 Å². The Labute approximate surface area is 52.5 Å². The third kappa shape index (κ3) is 7.18. The van der Waals surface area contributed by atoms with Gasteiger partial charge in [0.05, 0.1) is 0 Å². The van der Waals surface area contributed by atoms with E-state index in [9.17, 15) is 0 Å². The van der Waals surface area contributed by atoms with Crippen LogP contribution in [0.25, 0.3) is 0 Å². The van der Waals surface area contributed by atoms with Crippen LogP contribution in [-0.2, 0) is 27.9 Å². The van der Waals surface area contributed by atoms with Gasteiger partial charge in [-0.05, 0) is 23.6 Å². The van der Waals surface area contributed by atoms with E-state index in [-0.39, 0.29) is 0 Å². The Balaban J connectivity index is 3.32. The van der Waals surface area contributed by atoms with E-state index in [2.05, 4.69) is 27.9 Å². The molecule has 0 aromatic rings. The third-order valence-electron chi connectivity index (χ3n) is 0.175. The maximum absolute atomic E-state index is 8.22. The summed E-state index contributed by atoms with van der Waals surface area (Å²) in [5.74, 6) is 0. The van der Waals surface area contributed by atoms with E-state index >= 15 is 0 Å². The summed E-state index contributed by atoms with van der Waals surface area (Å²) in [7, 11) is -4.32. The van der Waals surface area contributed by atoms with Gasteiger partial charge < -0.3 is 9.79 Å². The summed E-state index contributed by atoms with van der Waals surface area (Å²) in [6.45, 7) is 0. The first kappa shape index (κ1) is 8.18. The highest BCUT2D eigenvalue weighted by Gasteiger charge is 1.85. The quantitative estimate of drug-likeness (QED) is 0.583. The van der Waals surface area contributed by atoms with Crippen molar-refractivity contribution < 1.29 is 14.1 Å². The molecule has 0 aliphatic carbocycles. The van der Waals surface area contributed by atoms with Crippen molar-refractivity contribution >= 4 is 37.9 Å². The van der Waals surface area contributed by atoms with Gasteiger partial charge in [0.2, 0.25) is 0 Å². The highest BCUT2D eigenvalue weighted by atomic mass is 32.5. The Morgan fingerprint density at radius 2 is 1.43 bits per heavy atom. The molecule has 2 N–H and O–H groups in total. The van der Waals surface area contributed by atoms with Gasteiger partial charge in [-0.3, -0.25) is 4.31 Å². The topological polar surface area (TPSA) is 49.7 Å². The lowest BCUT2D eigenvalue weighted by Gasteiger charge is -1.93. The van der Waals surface area contributed by atoms with Crippen molar-refractivity contribution in [3.05, 3.63) is 0 Å². The molecule has 0 amide bonds. The highest BCUT2D eigenvalue weighted by Crippen LogP contribution is 2.31. The molecular weight excluding hydrogens is 174 g/mol. The maximum atomic E-state index is 8.22. The minimum atomic E-state index is -2.16. The van der Waals surface area contributed by atoms with Crippen molar-refractivity contribution in [1.82, 2.24) is 0 Å². The Morgan fingerprint density at radius 1 is 1.14 bits per heavy atom. The second-order valence-corrected chi connectivity index (χ2v) is 4.61. The van der Waals surface area contributed by atoms with E-state index in [4.69, 9.17) is 9.79 Å². The third-order valence-corrected chi connectivity index (χ3v) is 3.07. The van der Waals surface area contributed by atoms with Crippen molar-refractivity contribution in [3.8, 4) is 0 Å². The molecule has 7 heavy (non-hydrogen) atoms. The Bertz CT molecular complexity index is 87.1. The summed E-state index contributed by atoms with van der Waals surface area (Å²) in [5, 5.41) is 0. The fraction of sp³-hybridized carbons (Fsp3) is 0. The summed E-state index contributed by atoms with van der Waals surface area (Å²) in [5.41, 5.74) is 0. The number of hydrogen-bond acceptors (Lipinski definition) is 3. The van der Waals surface area contributed by atoms with Gasteiger partial charge in [0.15, 0.2) is 14.3 Å². The monoisotopic (exact) mass is 178 g/mol. The molecule has 0 aliphatic heterocycles. The summed E-state index contributed by atoms with van der Waals surface area (Å²) in [6.07, 6.45) is 0. The van der Waals surface area contributed by atoms with Crippen LogP contribution in [0.3, 0.4) is 0 Å². The van der Waals surface area contributed by atoms with Crippen LogP contribution < -0.4 is 0 Å². The Morgan fingerprint density at radius 3 is 1.43 bits per heavy atom. The van der Waals surface area contributed by atoms with E-state index in [1.165, 1.54) is 0 Å². The average molecular weight is 178 g/mol. The highest BCUT2D eigenvalue weighted by molar-refractivity contribution is 8.06. The van der Waals surface area contributed by atoms with Gasteiger partial charge in [-0.15, -0.1) is 0 Å². The zero-order chi connectivity index (χ0) is 5.86. The van der Waals surface area contributed by atoms with Crippen LogP contribution in [0.1, 0.15) is 0 Å². The second-order valence-electron chi connectivity index (χ2n) is 0.634. The van der Waals surface area contributed by atoms with Gasteiger partial charge in [0.25, 0.3) is 0 Å². The molecule has 3 nitrogen and oxygen atoms in total. The zero-order valence-electron chi connectivity index (χ0n) is 3.12. The number of hydrogen-bond donors (Lipinski definition) is 2. The van der Waals surface area contributed by atoms with Crippen LogP contribution >= 0.6 is 14.3 Å². The minimum absolute atomic E-state index is 2.16. The molecular formula is H4O3P2S2. The molecule has 0 saturated carbocycles. The molecule has 0 saturated heterocycles. The smallest absolute Gasteiger partial charge is 0.179 e. The summed E-state index contributed by atoms with van der Waals surface area (Å²) >= 11 is 8.38. The van der Waals surface area contributed by atoms with Crippen LogP contribution in [-0.4, -0.2) is 9.79 Å². The van der Waals surface area contributed by atoms with Gasteiger partial charge in [-0.1, -0.05) is 0 Å². The first-order chi connectivity index (χ1) is 3.13. The van der Waals surface area contributed by atoms with Crippen molar-refractivity contribution in [1.29, 1.82) is 0 Å². The fourth-order valence-electron chi connectivity index (χ4n) is 0.0747. The fourth-order valence-corrected chi connectivity index (χ4v) is 2.57. The van der Waals surface area contributed by atoms with Crippen LogP contribution in [0.2, 0.25) is 0 Å². The lowest BCUT2D eigenvalue weighted by atomic mass is 15.8. The first-order valence-corrected chi connectivity index (χ1v) is 6.24. The van der Waals surface area contributed by atoms with Crippen molar-refractivity contribution in [2.75, 3.05) is 0 Å². The van der Waals surface area contributed by atoms with Crippen LogP contribution in [0, 0.1) is 0 Å². The Kier molecular flexibility index (Phi) is 4.79. The van der Waals surface area contributed by atoms with Crippen molar-refractivity contribution in [3.63, 3.8) is 0 Å². The van der Waals surface area contributed by atoms with Crippen LogP contribution in [0.15, 0.2) is 0 Å². The minimum Gasteiger partial charge on any atom is -0.347 e. The van der Waals surface area contributed by atoms with Crippen LogP contribution in [0.4, 0.5) is 0 Å². The molecule has 0 rings (SSSR count). The lowest BCUT2D eigenvalue weighted by Crippen LogP contribution is -1.57. The average Bonchev–Trinajstić information content (AvgIpc) is 1.27. The molecule has 0 spiro atoms. The van der Waals surface area contributed by atoms with E-state index < -0.39 is 14.3 Å². The van der Waals surface area contributed by atoms with Crippen molar-refractivity contribution in [2.45, 2.75) is 0 Å². The van der Waals surface area contributed by atoms with Gasteiger partial charge in [0, 0.05) is 0 Å². The van der Waals surface area contributed by atoms with Crippen molar-refractivity contribution in [2.24, 2.45) is 0 Å². The predicted octanol–water partition coefficient (Wildman–Crippen LogP) is -0.000200. The van der Waals surface area contributed by atoms with Crippen LogP contribution in [0.5, 0.6) is 0 Å². The van der Waals surface area contributed by atoms with Gasteiger partial charge in [-0.25, -0.2) is 0 Å². The molecule has 0 bridgehead atoms. The molecule has 0 aromatic heterocycles. The largest absolute Gasteiger partial charge is 0.347 e. The van der Waals surface area contributed by atoms with Gasteiger partial charge >= 0.3 is 0 Å². The molecule has 2 atom stereocenters. The molecule has 0 aromatic carbocycles. The summed E-state index contributed by atoms with van der Waals surface area (Å²) < 4.78 is 4.19. The van der Waals surface area contributed by atoms with E-state index in [1.54, 1.807) is 0 Å². The molecule has 44 valence electrons. The second kappa shape index (κ2) is 4.10. The van der Waals surface area contributed by atoms with E-state index in [0.29, 0.717) is 0 Å². The van der Waals surface area contributed by atoms with Gasteiger partial charge in [-0.2, -0.15) is 0 Å². The summed E-state index contributed by atoms with van der Waals surface area (Å²) in [6, 6.07) is 0. The standard InChI is InChI=1S/H4O3P2S2/c1-4(6)3-5(2)7/h4-5H,(H,1,6)(H,2,7). The normalized spacial score (nSPS) is 18.6. The molecule has 0 fully saturated rings. The van der Waals surface area contributed by atoms with E-state index in [1.807, 2.05) is 0 Å².